The molecule has 1 spiro atoms. The highest BCUT2D eigenvalue weighted by Gasteiger charge is 2.40. The molecule has 2 fully saturated rings. The normalized spacial score (nSPS) is 24.3. The Kier molecular flexibility index (Phi) is 7.23. The summed E-state index contributed by atoms with van der Waals surface area (Å²) in [6, 6.07) is 9.03. The fourth-order valence-electron chi connectivity index (χ4n) is 4.93. The predicted molar refractivity (Wildman–Crippen MR) is 124 cm³/mol. The van der Waals surface area contributed by atoms with Gasteiger partial charge in [0, 0.05) is 44.6 Å². The third-order valence-corrected chi connectivity index (χ3v) is 6.43. The number of aliphatic imine (C=N–C) groups is 1. The Morgan fingerprint density at radius 1 is 1.18 bits per heavy atom. The Bertz CT molecular complexity index is 718. The molecule has 1 aliphatic heterocycles. The van der Waals surface area contributed by atoms with E-state index in [-0.39, 0.29) is 41.2 Å². The zero-order valence-corrected chi connectivity index (χ0v) is 19.2. The maximum atomic E-state index is 11.8. The van der Waals surface area contributed by atoms with Crippen molar-refractivity contribution in [3.05, 3.63) is 35.4 Å². The van der Waals surface area contributed by atoms with Crippen LogP contribution in [0.4, 0.5) is 0 Å². The summed E-state index contributed by atoms with van der Waals surface area (Å²) in [6.45, 7) is 3.48. The lowest BCUT2D eigenvalue weighted by Crippen LogP contribution is -2.54. The zero-order valence-electron chi connectivity index (χ0n) is 16.9. The van der Waals surface area contributed by atoms with Gasteiger partial charge >= 0.3 is 0 Å². The van der Waals surface area contributed by atoms with E-state index in [1.54, 1.807) is 5.56 Å². The number of nitrogens with zero attached hydrogens (tertiary/aromatic N) is 2. The highest BCUT2D eigenvalue weighted by Crippen LogP contribution is 2.43. The zero-order chi connectivity index (χ0) is 18.7. The lowest BCUT2D eigenvalue weighted by Gasteiger charge is -2.47. The number of amides is 1. The van der Waals surface area contributed by atoms with E-state index in [9.17, 15) is 4.79 Å². The van der Waals surface area contributed by atoms with Gasteiger partial charge in [-0.05, 0) is 56.1 Å². The molecule has 28 heavy (non-hydrogen) atoms. The van der Waals surface area contributed by atoms with Crippen LogP contribution in [0, 0.1) is 5.92 Å². The SMILES string of the molecule is CN=C(NCCNC(=O)C1CC1)N1CCCC2(CCCc3ccccc32)C1.I. The molecule has 4 rings (SSSR count). The quantitative estimate of drug-likeness (QED) is 0.292. The summed E-state index contributed by atoms with van der Waals surface area (Å²) in [5, 5.41) is 6.48. The smallest absolute Gasteiger partial charge is 0.223 e. The molecular weight excluding hydrogens is 463 g/mol. The van der Waals surface area contributed by atoms with Gasteiger partial charge in [0.2, 0.25) is 5.91 Å². The van der Waals surface area contributed by atoms with Gasteiger partial charge in [0.1, 0.15) is 0 Å². The van der Waals surface area contributed by atoms with Gasteiger partial charge < -0.3 is 15.5 Å². The van der Waals surface area contributed by atoms with Crippen molar-refractivity contribution < 1.29 is 4.79 Å². The third-order valence-electron chi connectivity index (χ3n) is 6.43. The molecule has 0 aromatic heterocycles. The fourth-order valence-corrected chi connectivity index (χ4v) is 4.93. The molecule has 2 N–H and O–H groups in total. The summed E-state index contributed by atoms with van der Waals surface area (Å²) in [5.41, 5.74) is 3.37. The molecule has 0 bridgehead atoms. The largest absolute Gasteiger partial charge is 0.354 e. The van der Waals surface area contributed by atoms with Crippen molar-refractivity contribution in [2.75, 3.05) is 33.2 Å². The number of nitrogens with one attached hydrogen (secondary N) is 2. The number of halogens is 1. The third kappa shape index (κ3) is 4.63. The number of hydrogen-bond donors (Lipinski definition) is 2. The molecule has 1 unspecified atom stereocenters. The first kappa shape index (κ1) is 21.4. The van der Waals surface area contributed by atoms with Crippen LogP contribution < -0.4 is 10.6 Å². The van der Waals surface area contributed by atoms with E-state index < -0.39 is 0 Å². The lowest BCUT2D eigenvalue weighted by molar-refractivity contribution is -0.122. The molecular formula is C22H33IN4O. The minimum absolute atomic E-state index is 0. The van der Waals surface area contributed by atoms with Gasteiger partial charge in [-0.25, -0.2) is 0 Å². The number of fused-ring (bicyclic) bond motifs is 2. The molecule has 0 radical (unpaired) electrons. The molecule has 154 valence electrons. The van der Waals surface area contributed by atoms with Crippen molar-refractivity contribution in [1.82, 2.24) is 15.5 Å². The number of carbonyl (C=O) groups is 1. The Labute approximate surface area is 185 Å². The molecule has 1 saturated carbocycles. The topological polar surface area (TPSA) is 56.7 Å². The Hall–Kier alpha value is -1.31. The lowest BCUT2D eigenvalue weighted by atomic mass is 9.66. The number of piperidine rings is 1. The predicted octanol–water partition coefficient (Wildman–Crippen LogP) is 3.08. The van der Waals surface area contributed by atoms with Crippen molar-refractivity contribution in [2.45, 2.75) is 50.4 Å². The van der Waals surface area contributed by atoms with Crippen LogP contribution in [-0.2, 0) is 16.6 Å². The maximum absolute atomic E-state index is 11.8. The highest BCUT2D eigenvalue weighted by atomic mass is 127. The summed E-state index contributed by atoms with van der Waals surface area (Å²) in [5.74, 6) is 1.46. The summed E-state index contributed by atoms with van der Waals surface area (Å²) in [6.07, 6.45) is 8.35. The molecule has 2 aliphatic carbocycles. The number of likely N-dealkylation sites (tertiary alicyclic amines) is 1. The van der Waals surface area contributed by atoms with Gasteiger partial charge in [-0.3, -0.25) is 9.79 Å². The average molecular weight is 496 g/mol. The summed E-state index contributed by atoms with van der Waals surface area (Å²) in [4.78, 5) is 18.7. The molecule has 1 aromatic carbocycles. The number of aryl methyl sites for hydroxylation is 1. The summed E-state index contributed by atoms with van der Waals surface area (Å²) in [7, 11) is 1.86. The number of rotatable bonds is 4. The second-order valence-corrected chi connectivity index (χ2v) is 8.36. The van der Waals surface area contributed by atoms with Gasteiger partial charge in [0.25, 0.3) is 0 Å². The first-order valence-corrected chi connectivity index (χ1v) is 10.5. The first-order valence-electron chi connectivity index (χ1n) is 10.5. The number of hydrogen-bond acceptors (Lipinski definition) is 2. The van der Waals surface area contributed by atoms with E-state index in [1.807, 2.05) is 7.05 Å². The minimum Gasteiger partial charge on any atom is -0.354 e. The molecule has 3 aliphatic rings. The van der Waals surface area contributed by atoms with Crippen molar-refractivity contribution in [1.29, 1.82) is 0 Å². The number of benzene rings is 1. The van der Waals surface area contributed by atoms with E-state index in [4.69, 9.17) is 0 Å². The molecule has 1 saturated heterocycles. The van der Waals surface area contributed by atoms with Gasteiger partial charge in [0.05, 0.1) is 0 Å². The highest BCUT2D eigenvalue weighted by molar-refractivity contribution is 14.0. The van der Waals surface area contributed by atoms with E-state index in [0.717, 1.165) is 38.4 Å². The molecule has 1 heterocycles. The van der Waals surface area contributed by atoms with Crippen LogP contribution in [-0.4, -0.2) is 50.0 Å². The van der Waals surface area contributed by atoms with Gasteiger partial charge in [0.15, 0.2) is 5.96 Å². The average Bonchev–Trinajstić information content (AvgIpc) is 3.54. The number of guanidine groups is 1. The van der Waals surface area contributed by atoms with Crippen molar-refractivity contribution in [2.24, 2.45) is 10.9 Å². The summed E-state index contributed by atoms with van der Waals surface area (Å²) >= 11 is 0. The Morgan fingerprint density at radius 3 is 2.71 bits per heavy atom. The van der Waals surface area contributed by atoms with Crippen molar-refractivity contribution >= 4 is 35.8 Å². The van der Waals surface area contributed by atoms with Crippen LogP contribution >= 0.6 is 24.0 Å². The first-order chi connectivity index (χ1) is 13.2. The van der Waals surface area contributed by atoms with Crippen LogP contribution in [0.2, 0.25) is 0 Å². The van der Waals surface area contributed by atoms with Gasteiger partial charge in [-0.1, -0.05) is 24.3 Å². The fraction of sp³-hybridized carbons (Fsp3) is 0.636. The summed E-state index contributed by atoms with van der Waals surface area (Å²) < 4.78 is 0. The Balaban J connectivity index is 0.00000225. The molecule has 1 amide bonds. The Morgan fingerprint density at radius 2 is 1.93 bits per heavy atom. The monoisotopic (exact) mass is 496 g/mol. The van der Waals surface area contributed by atoms with Gasteiger partial charge in [-0.15, -0.1) is 24.0 Å². The minimum atomic E-state index is 0. The van der Waals surface area contributed by atoms with Crippen molar-refractivity contribution in [3.8, 4) is 0 Å². The van der Waals surface area contributed by atoms with Gasteiger partial charge in [-0.2, -0.15) is 0 Å². The van der Waals surface area contributed by atoms with E-state index in [2.05, 4.69) is 44.8 Å². The molecule has 1 atom stereocenters. The van der Waals surface area contributed by atoms with E-state index in [0.29, 0.717) is 6.54 Å². The number of carbonyl (C=O) groups excluding carboxylic acids is 1. The second kappa shape index (κ2) is 9.46. The van der Waals surface area contributed by atoms with E-state index >= 15 is 0 Å². The van der Waals surface area contributed by atoms with Crippen LogP contribution in [0.5, 0.6) is 0 Å². The van der Waals surface area contributed by atoms with Crippen LogP contribution in [0.15, 0.2) is 29.3 Å². The standard InChI is InChI=1S/C22H32N4O.HI/c1-23-21(25-14-13-24-20(27)18-9-10-18)26-15-5-12-22(16-26)11-4-7-17-6-2-3-8-19(17)22;/h2-3,6,8,18H,4-5,7,9-16H2,1H3,(H,23,25)(H,24,27);1H. The van der Waals surface area contributed by atoms with Crippen LogP contribution in [0.3, 0.4) is 0 Å². The van der Waals surface area contributed by atoms with Crippen LogP contribution in [0.1, 0.15) is 49.7 Å². The molecule has 6 heteroatoms. The van der Waals surface area contributed by atoms with E-state index in [1.165, 1.54) is 37.7 Å². The second-order valence-electron chi connectivity index (χ2n) is 8.36. The molecule has 5 nitrogen and oxygen atoms in total. The van der Waals surface area contributed by atoms with Crippen LogP contribution in [0.25, 0.3) is 0 Å². The van der Waals surface area contributed by atoms with Crippen molar-refractivity contribution in [3.63, 3.8) is 0 Å². The molecule has 1 aromatic rings. The maximum Gasteiger partial charge on any atom is 0.223 e.